The molecule has 11 heteroatoms. The van der Waals surface area contributed by atoms with Crippen molar-refractivity contribution in [2.45, 2.75) is 31.2 Å². The minimum absolute atomic E-state index is 0. The lowest BCUT2D eigenvalue weighted by molar-refractivity contribution is 0.473. The average molecular weight is 569 g/mol. The highest BCUT2D eigenvalue weighted by molar-refractivity contribution is 14.0. The van der Waals surface area contributed by atoms with Gasteiger partial charge in [0.15, 0.2) is 5.96 Å². The molecule has 168 valence electrons. The highest BCUT2D eigenvalue weighted by atomic mass is 127. The molecule has 2 aromatic rings. The van der Waals surface area contributed by atoms with E-state index in [9.17, 15) is 8.42 Å². The molecule has 0 saturated heterocycles. The predicted molar refractivity (Wildman–Crippen MR) is 132 cm³/mol. The van der Waals surface area contributed by atoms with Crippen molar-refractivity contribution in [2.24, 2.45) is 12.0 Å². The molecule has 1 heterocycles. The van der Waals surface area contributed by atoms with E-state index in [1.54, 1.807) is 19.2 Å². The summed E-state index contributed by atoms with van der Waals surface area (Å²) >= 11 is 5.87. The number of aromatic nitrogens is 2. The quantitative estimate of drug-likeness (QED) is 0.221. The molecule has 8 nitrogen and oxygen atoms in total. The fraction of sp³-hybridized carbons (Fsp3) is 0.474. The van der Waals surface area contributed by atoms with Crippen LogP contribution in [0.2, 0.25) is 5.02 Å². The normalized spacial score (nSPS) is 12.0. The first-order valence-corrected chi connectivity index (χ1v) is 11.2. The van der Waals surface area contributed by atoms with Gasteiger partial charge in [-0.3, -0.25) is 9.67 Å². The number of sulfonamides is 1. The van der Waals surface area contributed by atoms with Crippen LogP contribution in [0.15, 0.2) is 40.4 Å². The number of hydrogen-bond donors (Lipinski definition) is 2. The van der Waals surface area contributed by atoms with Gasteiger partial charge in [-0.05, 0) is 24.1 Å². The van der Waals surface area contributed by atoms with Crippen LogP contribution in [0, 0.1) is 0 Å². The molecule has 1 aromatic heterocycles. The molecule has 0 aliphatic carbocycles. The Morgan fingerprint density at radius 2 is 2.03 bits per heavy atom. The van der Waals surface area contributed by atoms with Crippen LogP contribution < -0.4 is 10.0 Å². The van der Waals surface area contributed by atoms with E-state index in [1.165, 1.54) is 12.1 Å². The largest absolute Gasteiger partial charge is 0.355 e. The minimum atomic E-state index is -3.61. The van der Waals surface area contributed by atoms with Gasteiger partial charge in [0.2, 0.25) is 10.0 Å². The zero-order valence-corrected chi connectivity index (χ0v) is 21.8. The third-order valence-corrected chi connectivity index (χ3v) is 5.97. The van der Waals surface area contributed by atoms with E-state index in [4.69, 9.17) is 11.6 Å². The third-order valence-electron chi connectivity index (χ3n) is 4.27. The zero-order chi connectivity index (χ0) is 21.6. The second-order valence-corrected chi connectivity index (χ2v) is 9.26. The summed E-state index contributed by atoms with van der Waals surface area (Å²) in [5.74, 6) is 1.00. The summed E-state index contributed by atoms with van der Waals surface area (Å²) in [6, 6.07) is 6.17. The lowest BCUT2D eigenvalue weighted by Crippen LogP contribution is -2.42. The van der Waals surface area contributed by atoms with Crippen LogP contribution in [0.25, 0.3) is 0 Å². The van der Waals surface area contributed by atoms with Crippen LogP contribution in [-0.4, -0.2) is 56.2 Å². The Kier molecular flexibility index (Phi) is 10.5. The lowest BCUT2D eigenvalue weighted by atomic mass is 10.1. The number of benzene rings is 1. The number of nitrogens with zero attached hydrogens (tertiary/aromatic N) is 4. The van der Waals surface area contributed by atoms with Gasteiger partial charge in [0.1, 0.15) is 0 Å². The first-order chi connectivity index (χ1) is 13.6. The van der Waals surface area contributed by atoms with Crippen molar-refractivity contribution in [1.29, 1.82) is 0 Å². The molecule has 1 aromatic carbocycles. The fourth-order valence-electron chi connectivity index (χ4n) is 2.96. The molecule has 0 amide bonds. The first kappa shape index (κ1) is 26.7. The SMILES string of the molecule is CN=C(NCCNS(=O)(=O)c1cccc(Cl)c1)N(C)Cc1cn(C)nc1C(C)C.I. The number of hydrogen-bond acceptors (Lipinski definition) is 4. The van der Waals surface area contributed by atoms with Crippen LogP contribution in [0.1, 0.15) is 31.0 Å². The highest BCUT2D eigenvalue weighted by Gasteiger charge is 2.16. The Bertz CT molecular complexity index is 962. The van der Waals surface area contributed by atoms with Crippen LogP contribution in [0.5, 0.6) is 0 Å². The molecule has 0 aliphatic heterocycles. The summed E-state index contributed by atoms with van der Waals surface area (Å²) in [6.07, 6.45) is 2.01. The van der Waals surface area contributed by atoms with Gasteiger partial charge in [0.25, 0.3) is 0 Å². The van der Waals surface area contributed by atoms with Gasteiger partial charge < -0.3 is 10.2 Å². The molecule has 30 heavy (non-hydrogen) atoms. The van der Waals surface area contributed by atoms with E-state index in [-0.39, 0.29) is 35.4 Å². The van der Waals surface area contributed by atoms with E-state index in [2.05, 4.69) is 34.0 Å². The van der Waals surface area contributed by atoms with E-state index in [0.29, 0.717) is 30.0 Å². The molecular formula is C19H30ClIN6O2S. The second-order valence-electron chi connectivity index (χ2n) is 7.05. The number of halogens is 2. The van der Waals surface area contributed by atoms with Crippen LogP contribution in [0.3, 0.4) is 0 Å². The van der Waals surface area contributed by atoms with E-state index < -0.39 is 10.0 Å². The fourth-order valence-corrected chi connectivity index (χ4v) is 4.29. The van der Waals surface area contributed by atoms with Crippen molar-refractivity contribution >= 4 is 51.6 Å². The van der Waals surface area contributed by atoms with Crippen LogP contribution in [-0.2, 0) is 23.6 Å². The molecular weight excluding hydrogens is 539 g/mol. The molecule has 0 atom stereocenters. The molecule has 0 bridgehead atoms. The van der Waals surface area contributed by atoms with Gasteiger partial charge in [-0.1, -0.05) is 31.5 Å². The summed E-state index contributed by atoms with van der Waals surface area (Å²) in [7, 11) is 1.93. The molecule has 0 radical (unpaired) electrons. The molecule has 0 saturated carbocycles. The monoisotopic (exact) mass is 568 g/mol. The summed E-state index contributed by atoms with van der Waals surface area (Å²) in [5.41, 5.74) is 2.19. The maximum atomic E-state index is 12.3. The standard InChI is InChI=1S/C19H29ClN6O2S.HI/c1-14(2)18-15(13-26(5)24-18)12-25(4)19(21-3)22-9-10-23-29(27,28)17-8-6-7-16(20)11-17;/h6-8,11,13-14,23H,9-10,12H2,1-5H3,(H,21,22);1H. The van der Waals surface area contributed by atoms with E-state index in [1.807, 2.05) is 29.9 Å². The Balaban J connectivity index is 0.00000450. The Hall–Kier alpha value is -1.37. The van der Waals surface area contributed by atoms with Crippen LogP contribution >= 0.6 is 35.6 Å². The summed E-state index contributed by atoms with van der Waals surface area (Å²) in [4.78, 5) is 6.40. The van der Waals surface area contributed by atoms with Crippen molar-refractivity contribution in [3.8, 4) is 0 Å². The van der Waals surface area contributed by atoms with E-state index >= 15 is 0 Å². The number of aliphatic imine (C=N–C) groups is 1. The highest BCUT2D eigenvalue weighted by Crippen LogP contribution is 2.18. The minimum Gasteiger partial charge on any atom is -0.355 e. The summed E-state index contributed by atoms with van der Waals surface area (Å²) in [5, 5.41) is 8.08. The maximum absolute atomic E-state index is 12.3. The lowest BCUT2D eigenvalue weighted by Gasteiger charge is -2.22. The van der Waals surface area contributed by atoms with Gasteiger partial charge >= 0.3 is 0 Å². The van der Waals surface area contributed by atoms with Crippen molar-refractivity contribution < 1.29 is 8.42 Å². The maximum Gasteiger partial charge on any atom is 0.240 e. The van der Waals surface area contributed by atoms with Gasteiger partial charge in [0.05, 0.1) is 10.6 Å². The molecule has 0 fully saturated rings. The van der Waals surface area contributed by atoms with E-state index in [0.717, 1.165) is 11.3 Å². The predicted octanol–water partition coefficient (Wildman–Crippen LogP) is 2.80. The van der Waals surface area contributed by atoms with Gasteiger partial charge in [-0.2, -0.15) is 5.10 Å². The number of rotatable bonds is 8. The smallest absolute Gasteiger partial charge is 0.240 e. The van der Waals surface area contributed by atoms with Crippen molar-refractivity contribution in [2.75, 3.05) is 27.2 Å². The van der Waals surface area contributed by atoms with Gasteiger partial charge in [-0.25, -0.2) is 13.1 Å². The summed E-state index contributed by atoms with van der Waals surface area (Å²) in [6.45, 7) is 5.48. The van der Waals surface area contributed by atoms with Crippen LogP contribution in [0.4, 0.5) is 0 Å². The first-order valence-electron chi connectivity index (χ1n) is 9.33. The van der Waals surface area contributed by atoms with Gasteiger partial charge in [0, 0.05) is 57.6 Å². The molecule has 0 spiro atoms. The average Bonchev–Trinajstić information content (AvgIpc) is 3.02. The molecule has 0 aliphatic rings. The molecule has 0 unspecified atom stereocenters. The number of aryl methyl sites for hydroxylation is 1. The van der Waals surface area contributed by atoms with Crippen molar-refractivity contribution in [3.05, 3.63) is 46.7 Å². The molecule has 2 N–H and O–H groups in total. The topological polar surface area (TPSA) is 91.6 Å². The van der Waals surface area contributed by atoms with Gasteiger partial charge in [-0.15, -0.1) is 24.0 Å². The summed E-state index contributed by atoms with van der Waals surface area (Å²) < 4.78 is 29.0. The zero-order valence-electron chi connectivity index (χ0n) is 17.9. The molecule has 2 rings (SSSR count). The Morgan fingerprint density at radius 3 is 2.63 bits per heavy atom. The number of nitrogens with one attached hydrogen (secondary N) is 2. The Labute approximate surface area is 201 Å². The van der Waals surface area contributed by atoms with Crippen molar-refractivity contribution in [3.63, 3.8) is 0 Å². The Morgan fingerprint density at radius 1 is 1.33 bits per heavy atom. The second kappa shape index (κ2) is 11.9. The third kappa shape index (κ3) is 7.40. The van der Waals surface area contributed by atoms with Crippen molar-refractivity contribution in [1.82, 2.24) is 24.7 Å². The number of guanidine groups is 1.